The minimum absolute atomic E-state index is 0.465. The van der Waals surface area contributed by atoms with Gasteiger partial charge in [-0.2, -0.15) is 0 Å². The molecule has 0 aliphatic carbocycles. The Bertz CT molecular complexity index is 256. The molecule has 0 radical (unpaired) electrons. The average Bonchev–Trinajstić information content (AvgIpc) is 2.08. The van der Waals surface area contributed by atoms with Gasteiger partial charge in [0.25, 0.3) is 0 Å². The molecule has 2 nitrogen and oxygen atoms in total. The van der Waals surface area contributed by atoms with E-state index in [1.807, 2.05) is 12.3 Å². The van der Waals surface area contributed by atoms with Crippen LogP contribution in [0.5, 0.6) is 0 Å². The smallest absolute Gasteiger partial charge is 0.126 e. The Morgan fingerprint density at radius 3 is 2.46 bits per heavy atom. The van der Waals surface area contributed by atoms with Crippen molar-refractivity contribution in [2.24, 2.45) is 5.92 Å². The van der Waals surface area contributed by atoms with Gasteiger partial charge in [-0.15, -0.1) is 0 Å². The number of nitrogens with zero attached hydrogens (tertiary/aromatic N) is 1. The third kappa shape index (κ3) is 3.50. The summed E-state index contributed by atoms with van der Waals surface area (Å²) in [4.78, 5) is 4.28. The summed E-state index contributed by atoms with van der Waals surface area (Å²) in [5, 5.41) is 3.35. The van der Waals surface area contributed by atoms with Crippen LogP contribution in [0.3, 0.4) is 0 Å². The van der Waals surface area contributed by atoms with E-state index in [0.29, 0.717) is 12.0 Å². The highest BCUT2D eigenvalue weighted by molar-refractivity contribution is 14.1. The molecule has 0 aromatic carbocycles. The SMILES string of the molecule is CC(C)C(C)Nc1ccc(I)cn1. The molecule has 0 saturated heterocycles. The second-order valence-corrected chi connectivity index (χ2v) is 4.78. The molecule has 1 aromatic rings. The molecule has 0 aliphatic rings. The van der Waals surface area contributed by atoms with Crippen LogP contribution in [0.4, 0.5) is 5.82 Å². The van der Waals surface area contributed by atoms with Crippen LogP contribution in [0.2, 0.25) is 0 Å². The maximum absolute atomic E-state index is 4.28. The van der Waals surface area contributed by atoms with Crippen molar-refractivity contribution in [3.05, 3.63) is 21.9 Å². The number of nitrogens with one attached hydrogen (secondary N) is 1. The van der Waals surface area contributed by atoms with Gasteiger partial charge in [-0.05, 0) is 47.6 Å². The molecule has 1 aromatic heterocycles. The maximum Gasteiger partial charge on any atom is 0.126 e. The predicted molar refractivity (Wildman–Crippen MR) is 64.9 cm³/mol. The fraction of sp³-hybridized carbons (Fsp3) is 0.500. The van der Waals surface area contributed by atoms with Crippen LogP contribution in [-0.2, 0) is 0 Å². The zero-order chi connectivity index (χ0) is 9.84. The highest BCUT2D eigenvalue weighted by Gasteiger charge is 2.06. The first-order valence-electron chi connectivity index (χ1n) is 4.47. The summed E-state index contributed by atoms with van der Waals surface area (Å²) < 4.78 is 1.17. The second-order valence-electron chi connectivity index (χ2n) is 3.54. The van der Waals surface area contributed by atoms with E-state index < -0.39 is 0 Å². The number of anilines is 1. The van der Waals surface area contributed by atoms with E-state index in [9.17, 15) is 0 Å². The lowest BCUT2D eigenvalue weighted by Gasteiger charge is -2.17. The highest BCUT2D eigenvalue weighted by atomic mass is 127. The highest BCUT2D eigenvalue weighted by Crippen LogP contribution is 2.11. The number of pyridine rings is 1. The fourth-order valence-corrected chi connectivity index (χ4v) is 1.18. The fourth-order valence-electron chi connectivity index (χ4n) is 0.861. The van der Waals surface area contributed by atoms with Gasteiger partial charge in [-0.25, -0.2) is 4.98 Å². The molecule has 0 saturated carbocycles. The molecule has 13 heavy (non-hydrogen) atoms. The van der Waals surface area contributed by atoms with Crippen molar-refractivity contribution in [1.29, 1.82) is 0 Å². The molecule has 0 amide bonds. The average molecular weight is 290 g/mol. The van der Waals surface area contributed by atoms with E-state index in [-0.39, 0.29) is 0 Å². The first-order chi connectivity index (χ1) is 6.09. The Morgan fingerprint density at radius 1 is 1.31 bits per heavy atom. The lowest BCUT2D eigenvalue weighted by Crippen LogP contribution is -2.21. The molecule has 1 unspecified atom stereocenters. The Hall–Kier alpha value is -0.320. The van der Waals surface area contributed by atoms with E-state index in [0.717, 1.165) is 5.82 Å². The lowest BCUT2D eigenvalue weighted by atomic mass is 10.1. The molecule has 0 fully saturated rings. The molecule has 3 heteroatoms. The topological polar surface area (TPSA) is 24.9 Å². The van der Waals surface area contributed by atoms with E-state index in [1.54, 1.807) is 0 Å². The number of aromatic nitrogens is 1. The summed E-state index contributed by atoms with van der Waals surface area (Å²) in [5.74, 6) is 1.59. The van der Waals surface area contributed by atoms with Crippen LogP contribution in [0.25, 0.3) is 0 Å². The van der Waals surface area contributed by atoms with Crippen LogP contribution in [-0.4, -0.2) is 11.0 Å². The molecule has 1 rings (SSSR count). The molecule has 72 valence electrons. The molecule has 1 heterocycles. The summed E-state index contributed by atoms with van der Waals surface area (Å²) in [6.45, 7) is 6.57. The van der Waals surface area contributed by atoms with E-state index in [2.05, 4.69) is 59.7 Å². The number of hydrogen-bond donors (Lipinski definition) is 1. The van der Waals surface area contributed by atoms with Crippen LogP contribution >= 0.6 is 22.6 Å². The summed E-state index contributed by atoms with van der Waals surface area (Å²) in [6.07, 6.45) is 1.87. The largest absolute Gasteiger partial charge is 0.367 e. The quantitative estimate of drug-likeness (QED) is 0.865. The van der Waals surface area contributed by atoms with Gasteiger partial charge in [-0.1, -0.05) is 13.8 Å². The van der Waals surface area contributed by atoms with E-state index >= 15 is 0 Å². The molecule has 1 N–H and O–H groups in total. The van der Waals surface area contributed by atoms with Crippen LogP contribution in [0, 0.1) is 9.49 Å². The zero-order valence-corrected chi connectivity index (χ0v) is 10.4. The van der Waals surface area contributed by atoms with E-state index in [1.165, 1.54) is 3.57 Å². The Kier molecular flexibility index (Phi) is 3.96. The van der Waals surface area contributed by atoms with Gasteiger partial charge in [0.2, 0.25) is 0 Å². The van der Waals surface area contributed by atoms with Crippen molar-refractivity contribution in [2.45, 2.75) is 26.8 Å². The van der Waals surface area contributed by atoms with Crippen LogP contribution < -0.4 is 5.32 Å². The maximum atomic E-state index is 4.28. The van der Waals surface area contributed by atoms with Gasteiger partial charge in [0, 0.05) is 15.8 Å². The van der Waals surface area contributed by atoms with Crippen molar-refractivity contribution in [1.82, 2.24) is 4.98 Å². The van der Waals surface area contributed by atoms with Gasteiger partial charge in [-0.3, -0.25) is 0 Å². The summed E-state index contributed by atoms with van der Waals surface area (Å²) in [7, 11) is 0. The first kappa shape index (κ1) is 10.8. The molecular formula is C10H15IN2. The monoisotopic (exact) mass is 290 g/mol. The third-order valence-electron chi connectivity index (χ3n) is 2.10. The molecule has 1 atom stereocenters. The summed E-state index contributed by atoms with van der Waals surface area (Å²) in [6, 6.07) is 4.54. The zero-order valence-electron chi connectivity index (χ0n) is 8.21. The third-order valence-corrected chi connectivity index (χ3v) is 2.74. The Morgan fingerprint density at radius 2 is 2.00 bits per heavy atom. The van der Waals surface area contributed by atoms with Gasteiger partial charge in [0.05, 0.1) is 0 Å². The van der Waals surface area contributed by atoms with Crippen molar-refractivity contribution < 1.29 is 0 Å². The van der Waals surface area contributed by atoms with Gasteiger partial charge in [0.1, 0.15) is 5.82 Å². The van der Waals surface area contributed by atoms with Crippen molar-refractivity contribution in [3.8, 4) is 0 Å². The molecular weight excluding hydrogens is 275 g/mol. The molecule has 0 bridgehead atoms. The number of hydrogen-bond acceptors (Lipinski definition) is 2. The Balaban J connectivity index is 2.59. The van der Waals surface area contributed by atoms with Crippen LogP contribution in [0.15, 0.2) is 18.3 Å². The van der Waals surface area contributed by atoms with E-state index in [4.69, 9.17) is 0 Å². The van der Waals surface area contributed by atoms with Crippen LogP contribution in [0.1, 0.15) is 20.8 Å². The predicted octanol–water partition coefficient (Wildman–Crippen LogP) is 3.14. The van der Waals surface area contributed by atoms with Crippen molar-refractivity contribution in [2.75, 3.05) is 5.32 Å². The Labute approximate surface area is 93.3 Å². The summed E-state index contributed by atoms with van der Waals surface area (Å²) >= 11 is 2.25. The standard InChI is InChI=1S/C10H15IN2/c1-7(2)8(3)13-10-5-4-9(11)6-12-10/h4-8H,1-3H3,(H,12,13). The molecule has 0 aliphatic heterocycles. The number of rotatable bonds is 3. The lowest BCUT2D eigenvalue weighted by molar-refractivity contribution is 0.558. The second kappa shape index (κ2) is 4.79. The molecule has 0 spiro atoms. The van der Waals surface area contributed by atoms with Gasteiger partial charge in [0.15, 0.2) is 0 Å². The minimum Gasteiger partial charge on any atom is -0.367 e. The minimum atomic E-state index is 0.465. The van der Waals surface area contributed by atoms with Crippen molar-refractivity contribution >= 4 is 28.4 Å². The van der Waals surface area contributed by atoms with Gasteiger partial charge < -0.3 is 5.32 Å². The first-order valence-corrected chi connectivity index (χ1v) is 5.55. The summed E-state index contributed by atoms with van der Waals surface area (Å²) in [5.41, 5.74) is 0. The normalized spacial score (nSPS) is 13.0. The number of halogens is 1. The van der Waals surface area contributed by atoms with Gasteiger partial charge >= 0.3 is 0 Å². The van der Waals surface area contributed by atoms with Crippen molar-refractivity contribution in [3.63, 3.8) is 0 Å².